The number of hydrogen-bond acceptors (Lipinski definition) is 2. The molecule has 0 N–H and O–H groups in total. The van der Waals surface area contributed by atoms with Gasteiger partial charge in [-0.3, -0.25) is 0 Å². The molecule has 17 heavy (non-hydrogen) atoms. The van der Waals surface area contributed by atoms with Gasteiger partial charge in [-0.1, -0.05) is 41.4 Å². The van der Waals surface area contributed by atoms with Crippen LogP contribution in [0.25, 0.3) is 16.9 Å². The van der Waals surface area contributed by atoms with Gasteiger partial charge in [0.25, 0.3) is 0 Å². The molecule has 2 aromatic heterocycles. The predicted octanol–water partition coefficient (Wildman–Crippen LogP) is 3.70. The van der Waals surface area contributed by atoms with Crippen LogP contribution in [0.4, 0.5) is 0 Å². The number of rotatable bonds is 1. The van der Waals surface area contributed by atoms with Crippen molar-refractivity contribution in [3.63, 3.8) is 0 Å². The van der Waals surface area contributed by atoms with Crippen molar-refractivity contribution in [3.05, 3.63) is 52.8 Å². The van der Waals surface area contributed by atoms with Gasteiger partial charge in [-0.2, -0.15) is 5.10 Å². The maximum absolute atomic E-state index is 6.12. The highest BCUT2D eigenvalue weighted by atomic mass is 35.5. The molecule has 0 fully saturated rings. The van der Waals surface area contributed by atoms with Gasteiger partial charge in [0.1, 0.15) is 5.15 Å². The second-order valence-corrected chi connectivity index (χ2v) is 4.34. The molecule has 5 heteroatoms. The van der Waals surface area contributed by atoms with Gasteiger partial charge in [0.15, 0.2) is 5.65 Å². The summed E-state index contributed by atoms with van der Waals surface area (Å²) >= 11 is 12.1. The Labute approximate surface area is 108 Å². The lowest BCUT2D eigenvalue weighted by molar-refractivity contribution is 0.944. The number of aromatic nitrogens is 3. The Kier molecular flexibility index (Phi) is 2.50. The maximum Gasteiger partial charge on any atom is 0.157 e. The molecule has 1 aromatic carbocycles. The lowest BCUT2D eigenvalue weighted by Crippen LogP contribution is -1.90. The van der Waals surface area contributed by atoms with Gasteiger partial charge in [0, 0.05) is 17.8 Å². The summed E-state index contributed by atoms with van der Waals surface area (Å²) in [6.07, 6.45) is 1.65. The van der Waals surface area contributed by atoms with Gasteiger partial charge in [0.2, 0.25) is 0 Å². The molecule has 0 saturated heterocycles. The van der Waals surface area contributed by atoms with Crippen molar-refractivity contribution in [3.8, 4) is 11.3 Å². The quantitative estimate of drug-likeness (QED) is 0.627. The normalized spacial score (nSPS) is 10.9. The van der Waals surface area contributed by atoms with Gasteiger partial charge in [0.05, 0.1) is 10.7 Å². The van der Waals surface area contributed by atoms with Crippen molar-refractivity contribution in [2.75, 3.05) is 0 Å². The summed E-state index contributed by atoms with van der Waals surface area (Å²) in [5, 5.41) is 5.56. The van der Waals surface area contributed by atoms with Gasteiger partial charge >= 0.3 is 0 Å². The van der Waals surface area contributed by atoms with E-state index in [1.54, 1.807) is 16.8 Å². The molecule has 0 amide bonds. The monoisotopic (exact) mass is 263 g/mol. The first-order chi connectivity index (χ1) is 8.25. The molecule has 0 radical (unpaired) electrons. The fourth-order valence-electron chi connectivity index (χ4n) is 1.67. The number of fused-ring (bicyclic) bond motifs is 1. The standard InChI is InChI=1S/C12H7Cl2N3/c13-9-4-2-1-3-8(9)10-7-12-15-6-5-11(14)17(12)16-10/h1-7H. The van der Waals surface area contributed by atoms with E-state index < -0.39 is 0 Å². The molecule has 0 aliphatic heterocycles. The van der Waals surface area contributed by atoms with Crippen LogP contribution < -0.4 is 0 Å². The van der Waals surface area contributed by atoms with Crippen LogP contribution in [0, 0.1) is 0 Å². The largest absolute Gasteiger partial charge is 0.237 e. The van der Waals surface area contributed by atoms with Crippen molar-refractivity contribution >= 4 is 28.8 Å². The van der Waals surface area contributed by atoms with E-state index >= 15 is 0 Å². The number of nitrogens with zero attached hydrogens (tertiary/aromatic N) is 3. The molecule has 0 aliphatic rings. The summed E-state index contributed by atoms with van der Waals surface area (Å²) in [6.45, 7) is 0. The summed E-state index contributed by atoms with van der Waals surface area (Å²) in [7, 11) is 0. The van der Waals surface area contributed by atoms with Crippen molar-refractivity contribution < 1.29 is 0 Å². The minimum Gasteiger partial charge on any atom is -0.237 e. The molecular formula is C12H7Cl2N3. The Morgan fingerprint density at radius 1 is 1.06 bits per heavy atom. The van der Waals surface area contributed by atoms with Crippen LogP contribution in [-0.2, 0) is 0 Å². The van der Waals surface area contributed by atoms with Crippen molar-refractivity contribution in [1.82, 2.24) is 14.6 Å². The molecule has 0 atom stereocenters. The molecular weight excluding hydrogens is 257 g/mol. The Morgan fingerprint density at radius 3 is 2.65 bits per heavy atom. The van der Waals surface area contributed by atoms with Crippen molar-refractivity contribution in [2.45, 2.75) is 0 Å². The second kappa shape index (κ2) is 4.02. The lowest BCUT2D eigenvalue weighted by atomic mass is 10.1. The summed E-state index contributed by atoms with van der Waals surface area (Å²) in [4.78, 5) is 4.19. The molecule has 0 bridgehead atoms. The van der Waals surface area contributed by atoms with Crippen LogP contribution in [0.1, 0.15) is 0 Å². The first-order valence-electron chi connectivity index (χ1n) is 5.01. The smallest absolute Gasteiger partial charge is 0.157 e. The molecule has 0 aliphatic carbocycles. The SMILES string of the molecule is Clc1ccccc1-c1cc2nccc(Cl)n2n1. The minimum absolute atomic E-state index is 0.522. The highest BCUT2D eigenvalue weighted by Crippen LogP contribution is 2.27. The summed E-state index contributed by atoms with van der Waals surface area (Å²) in [5.74, 6) is 0. The number of hydrogen-bond donors (Lipinski definition) is 0. The van der Waals surface area contributed by atoms with Crippen LogP contribution in [0.5, 0.6) is 0 Å². The average molecular weight is 264 g/mol. The predicted molar refractivity (Wildman–Crippen MR) is 68.4 cm³/mol. The van der Waals surface area contributed by atoms with Gasteiger partial charge in [-0.05, 0) is 12.1 Å². The molecule has 3 nitrogen and oxygen atoms in total. The Hall–Kier alpha value is -1.58. The summed E-state index contributed by atoms with van der Waals surface area (Å²) < 4.78 is 1.58. The Bertz CT molecular complexity index is 691. The first kappa shape index (κ1) is 10.6. The van der Waals surface area contributed by atoms with E-state index in [0.29, 0.717) is 15.8 Å². The fraction of sp³-hybridized carbons (Fsp3) is 0. The van der Waals surface area contributed by atoms with E-state index in [2.05, 4.69) is 10.1 Å². The van der Waals surface area contributed by atoms with E-state index in [1.807, 2.05) is 30.3 Å². The van der Waals surface area contributed by atoms with E-state index in [1.165, 1.54) is 0 Å². The van der Waals surface area contributed by atoms with Crippen LogP contribution >= 0.6 is 23.2 Å². The zero-order chi connectivity index (χ0) is 11.8. The zero-order valence-corrected chi connectivity index (χ0v) is 10.2. The molecule has 0 spiro atoms. The van der Waals surface area contributed by atoms with E-state index in [-0.39, 0.29) is 0 Å². The number of halogens is 2. The van der Waals surface area contributed by atoms with E-state index in [0.717, 1.165) is 11.3 Å². The minimum atomic E-state index is 0.522. The van der Waals surface area contributed by atoms with Gasteiger partial charge in [-0.15, -0.1) is 0 Å². The van der Waals surface area contributed by atoms with Crippen molar-refractivity contribution in [1.29, 1.82) is 0 Å². The third-order valence-electron chi connectivity index (χ3n) is 2.46. The van der Waals surface area contributed by atoms with Crippen LogP contribution in [0.2, 0.25) is 10.2 Å². The van der Waals surface area contributed by atoms with E-state index in [9.17, 15) is 0 Å². The lowest BCUT2D eigenvalue weighted by Gasteiger charge is -1.98. The fourth-order valence-corrected chi connectivity index (χ4v) is 2.08. The average Bonchev–Trinajstić information content (AvgIpc) is 2.75. The maximum atomic E-state index is 6.12. The first-order valence-corrected chi connectivity index (χ1v) is 5.76. The highest BCUT2D eigenvalue weighted by Gasteiger charge is 2.09. The summed E-state index contributed by atoms with van der Waals surface area (Å²) in [5.41, 5.74) is 2.33. The molecule has 84 valence electrons. The Morgan fingerprint density at radius 2 is 1.88 bits per heavy atom. The number of benzene rings is 1. The Balaban J connectivity index is 2.26. The molecule has 3 rings (SSSR count). The highest BCUT2D eigenvalue weighted by molar-refractivity contribution is 6.33. The molecule has 3 aromatic rings. The zero-order valence-electron chi connectivity index (χ0n) is 8.64. The third kappa shape index (κ3) is 1.77. The molecule has 0 unspecified atom stereocenters. The van der Waals surface area contributed by atoms with Crippen molar-refractivity contribution in [2.24, 2.45) is 0 Å². The third-order valence-corrected chi connectivity index (χ3v) is 3.08. The van der Waals surface area contributed by atoms with Crippen LogP contribution in [0.15, 0.2) is 42.6 Å². The van der Waals surface area contributed by atoms with Gasteiger partial charge < -0.3 is 0 Å². The van der Waals surface area contributed by atoms with E-state index in [4.69, 9.17) is 23.2 Å². The molecule has 0 saturated carbocycles. The van der Waals surface area contributed by atoms with Gasteiger partial charge in [-0.25, -0.2) is 9.50 Å². The molecule has 2 heterocycles. The van der Waals surface area contributed by atoms with Crippen LogP contribution in [0.3, 0.4) is 0 Å². The van der Waals surface area contributed by atoms with Crippen LogP contribution in [-0.4, -0.2) is 14.6 Å². The topological polar surface area (TPSA) is 30.2 Å². The second-order valence-electron chi connectivity index (χ2n) is 3.55. The summed E-state index contributed by atoms with van der Waals surface area (Å²) in [6, 6.07) is 11.1.